The van der Waals surface area contributed by atoms with Gasteiger partial charge in [-0.05, 0) is 119 Å². The Kier molecular flexibility index (Phi) is 40.7. The first-order chi connectivity index (χ1) is 66.3. The number of hydrogen-bond donors (Lipinski definition) is 21. The van der Waals surface area contributed by atoms with E-state index < -0.39 is 265 Å². The number of nitrogens with zero attached hydrogens (tertiary/aromatic N) is 6. The lowest BCUT2D eigenvalue weighted by Gasteiger charge is -2.36. The normalized spacial score (nSPS) is 24.8. The summed E-state index contributed by atoms with van der Waals surface area (Å²) in [7, 11) is 3.91. The number of aliphatic hydroxyl groups is 1. The first-order valence-corrected chi connectivity index (χ1v) is 47.5. The molecule has 0 spiro atoms. The zero-order valence-electron chi connectivity index (χ0n) is 78.5. The SMILES string of the molecule is CCCC[C@H]1C(=O)N(C)[C@@H](CCCC)C(=O)N[C@@H](CCCNC(=N)N)C(=O)N[C@H](C(=O)NCC(N)=O)CSCC(=O)N[C@@H](Cc2ccc(C#N)cc2)C(=O)N(C)[C@@H](C)C(=O)N[C@@H](CC(N)=O)C(=O)N2CCC[C@H]2C(=O)N[C@@H](Cc2cnc[nH]2)C(=O)N[C@@H](CCC(=O)O)C(=O)C2C[C@H](O)C[C@H]2C(=O)N[C@@H](Cc2c[nH]c3ccccc23)C(=O)N[C@@H](CCN)C(=O)N[C@@H](Cc2c[nH]c3ccccc23)C(=O)N1C. The largest absolute Gasteiger partial charge is 0.481 e. The molecule has 750 valence electrons. The third-order valence-corrected chi connectivity index (χ3v) is 26.1. The third-order valence-electron chi connectivity index (χ3n) is 25.1. The number of rotatable bonds is 28. The highest BCUT2D eigenvalue weighted by molar-refractivity contribution is 8.00. The van der Waals surface area contributed by atoms with Gasteiger partial charge in [0, 0.05) is 124 Å². The number of carboxylic acid groups (broad SMARTS) is 1. The van der Waals surface area contributed by atoms with E-state index >= 15 is 43.2 Å². The molecule has 1 saturated carbocycles. The average Bonchev–Trinajstić information content (AvgIpc) is 1.55. The number of likely N-dealkylation sites (N-methyl/N-ethyl adjacent to an activating group) is 3. The molecule has 2 aliphatic heterocycles. The van der Waals surface area contributed by atoms with E-state index in [1.54, 1.807) is 60.9 Å². The lowest BCUT2D eigenvalue weighted by atomic mass is 9.85. The number of unbranched alkanes of at least 4 members (excludes halogenated alkanes) is 2. The van der Waals surface area contributed by atoms with Crippen LogP contribution >= 0.6 is 11.8 Å². The number of aliphatic hydroxyl groups excluding tert-OH is 1. The minimum atomic E-state index is -1.83. The maximum absolute atomic E-state index is 15.9. The number of Topliss-reactive ketones (excluding diaryl/α,β-unsaturated/α-hetero) is 1. The molecule has 9 rings (SSSR count). The summed E-state index contributed by atoms with van der Waals surface area (Å²) in [4.78, 5) is 282. The summed E-state index contributed by atoms with van der Waals surface area (Å²) >= 11 is 0.752. The molecular weight excluding hydrogens is 1820 g/mol. The highest BCUT2D eigenvalue weighted by atomic mass is 32.2. The summed E-state index contributed by atoms with van der Waals surface area (Å²) in [5.41, 5.74) is 26.2. The Morgan fingerprint density at radius 2 is 1.11 bits per heavy atom. The molecule has 16 amide bonds. The molecular formula is C93H127N25O20S. The van der Waals surface area contributed by atoms with Crippen LogP contribution in [-0.2, 0) is 112 Å². The van der Waals surface area contributed by atoms with Crippen LogP contribution in [0.4, 0.5) is 0 Å². The number of thioether (sulfide) groups is 1. The van der Waals surface area contributed by atoms with Gasteiger partial charge in [0.2, 0.25) is 94.5 Å². The van der Waals surface area contributed by atoms with Crippen LogP contribution in [0.1, 0.15) is 151 Å². The van der Waals surface area contributed by atoms with Gasteiger partial charge in [-0.15, -0.1) is 11.8 Å². The molecule has 1 aliphatic carbocycles. The molecule has 46 heteroatoms. The van der Waals surface area contributed by atoms with Crippen LogP contribution in [0.2, 0.25) is 0 Å². The van der Waals surface area contributed by atoms with Crippen molar-refractivity contribution in [1.82, 2.24) is 98.0 Å². The number of nitrogens with one attached hydrogen (secondary N) is 15. The number of nitriles is 1. The van der Waals surface area contributed by atoms with Crippen molar-refractivity contribution < 1.29 is 96.5 Å². The van der Waals surface area contributed by atoms with Gasteiger partial charge in [-0.3, -0.25) is 91.7 Å². The number of H-pyrrole nitrogens is 3. The van der Waals surface area contributed by atoms with Crippen molar-refractivity contribution >= 4 is 146 Å². The number of aromatic amines is 3. The molecule has 25 N–H and O–H groups in total. The second kappa shape index (κ2) is 52.3. The van der Waals surface area contributed by atoms with Gasteiger partial charge in [0.1, 0.15) is 72.5 Å². The van der Waals surface area contributed by atoms with Crippen molar-refractivity contribution in [3.63, 3.8) is 0 Å². The highest BCUT2D eigenvalue weighted by Gasteiger charge is 2.48. The number of carboxylic acids is 1. The first-order valence-electron chi connectivity index (χ1n) is 46.4. The quantitative estimate of drug-likeness (QED) is 0.0136. The molecule has 16 atom stereocenters. The molecule has 45 nitrogen and oxygen atoms in total. The minimum Gasteiger partial charge on any atom is -0.481 e. The Bertz CT molecular complexity index is 5450. The van der Waals surface area contributed by atoms with E-state index in [-0.39, 0.29) is 95.1 Å². The molecule has 2 saturated heterocycles. The summed E-state index contributed by atoms with van der Waals surface area (Å²) in [5, 5.41) is 69.5. The molecule has 3 aliphatic rings. The molecule has 3 aromatic heterocycles. The second-order valence-corrected chi connectivity index (χ2v) is 36.2. The smallest absolute Gasteiger partial charge is 0.303 e. The number of imidazole rings is 1. The number of guanidine groups is 1. The van der Waals surface area contributed by atoms with Crippen LogP contribution in [0.15, 0.2) is 97.7 Å². The van der Waals surface area contributed by atoms with Crippen molar-refractivity contribution in [1.29, 1.82) is 10.7 Å². The molecule has 6 aromatic rings. The number of carbonyl (C=O) groups is 18. The number of aliphatic carboxylic acids is 1. The number of benzene rings is 3. The van der Waals surface area contributed by atoms with Crippen molar-refractivity contribution in [2.45, 2.75) is 234 Å². The zero-order chi connectivity index (χ0) is 101. The minimum absolute atomic E-state index is 0.00810. The van der Waals surface area contributed by atoms with Gasteiger partial charge in [0.25, 0.3) is 0 Å². The highest BCUT2D eigenvalue weighted by Crippen LogP contribution is 2.36. The van der Waals surface area contributed by atoms with E-state index in [0.29, 0.717) is 64.2 Å². The Morgan fingerprint density at radius 1 is 0.561 bits per heavy atom. The molecule has 5 heterocycles. The maximum atomic E-state index is 15.9. The Balaban J connectivity index is 1.12. The van der Waals surface area contributed by atoms with Crippen molar-refractivity contribution in [3.05, 3.63) is 126 Å². The number of carbonyl (C=O) groups excluding carboxylic acids is 17. The first kappa shape index (κ1) is 108. The standard InChI is InChI=1S/C93H127N25O20S/c1-7-9-22-72-87(133)109-64(21-15-33-101-93(98)99)83(129)114-71(82(128)104-46-76(97)121)47-139-48-77(122)106-68(35-51-25-27-52(42-95)28-26-51)89(135)115(4)50(3)80(126)112-70(41-75(96)120)91(137)118-34-16-24-73(118)88(134)111-67(38-55-45-100-49-105-55)86(132)107-63(29-30-78(123)124)79(125)59-39-56(119)40-60(59)81(127)110-66(36-53-43-102-61-19-13-11-17-57(53)61)85(131)108-65(31-32-94)84(130)113-69(37-54-44-103-62-20-14-12-18-58(54)62)90(136)117(6)74(23-10-8-2)92(138)116(72)5/h11-14,17-20,25-28,43-45,49-50,56,59-60,63-74,102-103,119H,7-10,15-16,21-24,29-41,46-48,94H2,1-6H3,(H2,96,120)(H2,97,121)(H,100,105)(H,104,128)(H,106,122)(H,107,132)(H,108,131)(H,109,133)(H,110,127)(H,111,134)(H,112,126)(H,113,130)(H,114,129)(H,123,124)(H4,98,99,101)/t50-,56-,59?,60+,63-,64-,65-,66-,67-,68-,69-,70-,71-,72-,73-,74-/m0/s1. The predicted molar refractivity (Wildman–Crippen MR) is 508 cm³/mol. The molecule has 139 heavy (non-hydrogen) atoms. The number of fused-ring (bicyclic) bond motifs is 4. The predicted octanol–water partition coefficient (Wildman–Crippen LogP) is -2.59. The summed E-state index contributed by atoms with van der Waals surface area (Å²) in [6.45, 7) is 3.74. The number of hydrogen-bond acceptors (Lipinski definition) is 24. The van der Waals surface area contributed by atoms with Crippen LogP contribution in [0, 0.1) is 28.6 Å². The molecule has 1 unspecified atom stereocenters. The fourth-order valence-electron chi connectivity index (χ4n) is 17.4. The van der Waals surface area contributed by atoms with E-state index in [2.05, 4.69) is 78.4 Å². The zero-order valence-corrected chi connectivity index (χ0v) is 79.3. The van der Waals surface area contributed by atoms with Crippen LogP contribution < -0.4 is 81.4 Å². The van der Waals surface area contributed by atoms with E-state index in [9.17, 15) is 58.6 Å². The van der Waals surface area contributed by atoms with Gasteiger partial charge >= 0.3 is 5.97 Å². The second-order valence-electron chi connectivity index (χ2n) is 35.2. The van der Waals surface area contributed by atoms with Crippen LogP contribution in [0.3, 0.4) is 0 Å². The number of primary amides is 2. The lowest BCUT2D eigenvalue weighted by molar-refractivity contribution is -0.149. The Hall–Kier alpha value is -14.4. The molecule has 3 fully saturated rings. The third kappa shape index (κ3) is 30.6. The van der Waals surface area contributed by atoms with E-state index in [1.807, 2.05) is 19.9 Å². The van der Waals surface area contributed by atoms with Gasteiger partial charge in [0.15, 0.2) is 11.7 Å². The average molecular weight is 1950 g/mol. The van der Waals surface area contributed by atoms with Crippen molar-refractivity contribution in [2.24, 2.45) is 34.8 Å². The van der Waals surface area contributed by atoms with Gasteiger partial charge in [-0.2, -0.15) is 5.26 Å². The number of amides is 16. The Morgan fingerprint density at radius 3 is 1.71 bits per heavy atom. The topological polar surface area (TPSA) is 705 Å². The lowest BCUT2D eigenvalue weighted by Crippen LogP contribution is -2.61. The summed E-state index contributed by atoms with van der Waals surface area (Å²) in [6, 6.07) is 1.42. The summed E-state index contributed by atoms with van der Waals surface area (Å²) in [5.74, 6) is -22.2. The number of aromatic nitrogens is 4. The monoisotopic (exact) mass is 1950 g/mol. The van der Waals surface area contributed by atoms with Gasteiger partial charge < -0.3 is 126 Å². The van der Waals surface area contributed by atoms with Gasteiger partial charge in [-0.1, -0.05) is 88.1 Å². The number of ketones is 1. The van der Waals surface area contributed by atoms with Crippen LogP contribution in [0.5, 0.6) is 0 Å². The summed E-state index contributed by atoms with van der Waals surface area (Å²) < 4.78 is 0. The fraction of sp³-hybridized carbons (Fsp3) is 0.516. The van der Waals surface area contributed by atoms with Crippen LogP contribution in [0.25, 0.3) is 21.8 Å². The van der Waals surface area contributed by atoms with E-state index in [4.69, 9.17) is 28.3 Å². The van der Waals surface area contributed by atoms with Gasteiger partial charge in [-0.25, -0.2) is 4.98 Å². The van der Waals surface area contributed by atoms with E-state index in [1.165, 1.54) is 64.9 Å². The van der Waals surface area contributed by atoms with Gasteiger partial charge in [0.05, 0.1) is 54.7 Å². The van der Waals surface area contributed by atoms with Crippen molar-refractivity contribution in [3.8, 4) is 6.07 Å². The van der Waals surface area contributed by atoms with Crippen LogP contribution in [-0.4, -0.2) is 305 Å². The summed E-state index contributed by atoms with van der Waals surface area (Å²) in [6.07, 6.45) is 1.30. The molecule has 0 bridgehead atoms. The van der Waals surface area contributed by atoms with E-state index in [0.717, 1.165) is 31.4 Å². The molecule has 3 aromatic carbocycles. The fourth-order valence-corrected chi connectivity index (χ4v) is 18.2. The Labute approximate surface area is 806 Å². The maximum Gasteiger partial charge on any atom is 0.303 e. The van der Waals surface area contributed by atoms with Crippen molar-refractivity contribution in [2.75, 3.05) is 58.8 Å². The number of para-hydroxylation sites is 2. The number of nitrogens with two attached hydrogens (primary N) is 4. The molecule has 0 radical (unpaired) electrons.